The topological polar surface area (TPSA) is 27.7 Å². The molecule has 0 amide bonds. The molecule has 1 aliphatic rings. The maximum atomic E-state index is 5.41. The Morgan fingerprint density at radius 2 is 2.11 bits per heavy atom. The van der Waals surface area contributed by atoms with Crippen LogP contribution >= 0.6 is 12.2 Å². The fourth-order valence-electron chi connectivity index (χ4n) is 2.33. The SMILES string of the molecule is COCC(C)NC(=S)N(C)CC1CCN(C)CC1. The van der Waals surface area contributed by atoms with E-state index in [-0.39, 0.29) is 6.04 Å². The van der Waals surface area contributed by atoms with Gasteiger partial charge in [0.15, 0.2) is 5.11 Å². The highest BCUT2D eigenvalue weighted by Gasteiger charge is 2.19. The molecule has 1 rings (SSSR count). The van der Waals surface area contributed by atoms with Gasteiger partial charge in [0.05, 0.1) is 6.61 Å². The van der Waals surface area contributed by atoms with Gasteiger partial charge in [0.1, 0.15) is 0 Å². The van der Waals surface area contributed by atoms with Gasteiger partial charge in [0.2, 0.25) is 0 Å². The van der Waals surface area contributed by atoms with E-state index in [1.54, 1.807) is 7.11 Å². The van der Waals surface area contributed by atoms with E-state index >= 15 is 0 Å². The Balaban J connectivity index is 2.26. The number of hydrogen-bond donors (Lipinski definition) is 1. The van der Waals surface area contributed by atoms with Crippen LogP contribution in [0.3, 0.4) is 0 Å². The van der Waals surface area contributed by atoms with Crippen LogP contribution in [0.1, 0.15) is 19.8 Å². The van der Waals surface area contributed by atoms with Crippen LogP contribution in [0.5, 0.6) is 0 Å². The number of rotatable bonds is 5. The molecule has 1 heterocycles. The highest BCUT2D eigenvalue weighted by atomic mass is 32.1. The first-order valence-electron chi connectivity index (χ1n) is 6.72. The molecule has 0 aliphatic carbocycles. The van der Waals surface area contributed by atoms with Crippen LogP contribution in [0.4, 0.5) is 0 Å². The summed E-state index contributed by atoms with van der Waals surface area (Å²) >= 11 is 5.41. The Morgan fingerprint density at radius 3 is 2.67 bits per heavy atom. The lowest BCUT2D eigenvalue weighted by atomic mass is 9.97. The molecule has 18 heavy (non-hydrogen) atoms. The number of hydrogen-bond acceptors (Lipinski definition) is 3. The molecule has 4 nitrogen and oxygen atoms in total. The second-order valence-corrected chi connectivity index (χ2v) is 5.82. The second-order valence-electron chi connectivity index (χ2n) is 5.43. The van der Waals surface area contributed by atoms with Crippen molar-refractivity contribution in [2.75, 3.05) is 47.4 Å². The lowest BCUT2D eigenvalue weighted by molar-refractivity contribution is 0.176. The van der Waals surface area contributed by atoms with Crippen molar-refractivity contribution in [3.8, 4) is 0 Å². The molecule has 0 saturated carbocycles. The molecule has 5 heteroatoms. The van der Waals surface area contributed by atoms with E-state index < -0.39 is 0 Å². The predicted molar refractivity (Wildman–Crippen MR) is 79.9 cm³/mol. The van der Waals surface area contributed by atoms with Crippen molar-refractivity contribution >= 4 is 17.3 Å². The highest BCUT2D eigenvalue weighted by Crippen LogP contribution is 2.16. The molecule has 0 aromatic carbocycles. The smallest absolute Gasteiger partial charge is 0.168 e. The minimum absolute atomic E-state index is 0.266. The van der Waals surface area contributed by atoms with Crippen molar-refractivity contribution in [1.29, 1.82) is 0 Å². The first-order valence-corrected chi connectivity index (χ1v) is 7.13. The monoisotopic (exact) mass is 273 g/mol. The molecular formula is C13H27N3OS. The highest BCUT2D eigenvalue weighted by molar-refractivity contribution is 7.80. The number of ether oxygens (including phenoxy) is 1. The maximum Gasteiger partial charge on any atom is 0.168 e. The molecule has 0 aromatic heterocycles. The van der Waals surface area contributed by atoms with E-state index in [9.17, 15) is 0 Å². The van der Waals surface area contributed by atoms with E-state index in [1.807, 2.05) is 0 Å². The van der Waals surface area contributed by atoms with Gasteiger partial charge in [-0.2, -0.15) is 0 Å². The third-order valence-electron chi connectivity index (χ3n) is 3.50. The Morgan fingerprint density at radius 1 is 1.50 bits per heavy atom. The molecule has 0 radical (unpaired) electrons. The van der Waals surface area contributed by atoms with Crippen molar-refractivity contribution in [2.45, 2.75) is 25.8 Å². The quantitative estimate of drug-likeness (QED) is 0.759. The summed E-state index contributed by atoms with van der Waals surface area (Å²) in [5, 5.41) is 4.13. The summed E-state index contributed by atoms with van der Waals surface area (Å²) in [5.74, 6) is 0.767. The van der Waals surface area contributed by atoms with Crippen LogP contribution in [0, 0.1) is 5.92 Å². The normalized spacial score (nSPS) is 19.6. The fraction of sp³-hybridized carbons (Fsp3) is 0.923. The van der Waals surface area contributed by atoms with E-state index in [2.05, 4.69) is 36.1 Å². The molecule has 0 bridgehead atoms. The molecule has 1 atom stereocenters. The lowest BCUT2D eigenvalue weighted by Crippen LogP contribution is -2.46. The summed E-state index contributed by atoms with van der Waals surface area (Å²) < 4.78 is 5.10. The fourth-order valence-corrected chi connectivity index (χ4v) is 2.60. The van der Waals surface area contributed by atoms with E-state index in [4.69, 9.17) is 17.0 Å². The van der Waals surface area contributed by atoms with Gasteiger partial charge in [-0.15, -0.1) is 0 Å². The number of nitrogens with zero attached hydrogens (tertiary/aromatic N) is 2. The molecule has 1 saturated heterocycles. The van der Waals surface area contributed by atoms with Gasteiger partial charge in [0, 0.05) is 26.7 Å². The lowest BCUT2D eigenvalue weighted by Gasteiger charge is -2.33. The summed E-state index contributed by atoms with van der Waals surface area (Å²) in [4.78, 5) is 4.56. The van der Waals surface area contributed by atoms with Crippen LogP contribution in [0.15, 0.2) is 0 Å². The van der Waals surface area contributed by atoms with Crippen LogP contribution in [-0.4, -0.2) is 68.4 Å². The summed E-state index contributed by atoms with van der Waals surface area (Å²) in [6, 6.07) is 0.266. The third kappa shape index (κ3) is 5.50. The summed E-state index contributed by atoms with van der Waals surface area (Å²) in [5.41, 5.74) is 0. The first-order chi connectivity index (χ1) is 8.52. The number of likely N-dealkylation sites (tertiary alicyclic amines) is 1. The van der Waals surface area contributed by atoms with Gasteiger partial charge in [-0.25, -0.2) is 0 Å². The zero-order valence-electron chi connectivity index (χ0n) is 12.1. The molecule has 1 aliphatic heterocycles. The average Bonchev–Trinajstić information content (AvgIpc) is 2.32. The predicted octanol–water partition coefficient (Wildman–Crippen LogP) is 1.17. The molecule has 0 spiro atoms. The van der Waals surface area contributed by atoms with Crippen LogP contribution in [0.25, 0.3) is 0 Å². The van der Waals surface area contributed by atoms with Crippen LogP contribution in [0.2, 0.25) is 0 Å². The number of nitrogens with one attached hydrogen (secondary N) is 1. The number of thiocarbonyl (C=S) groups is 1. The minimum Gasteiger partial charge on any atom is -0.383 e. The second kappa shape index (κ2) is 7.92. The number of piperidine rings is 1. The molecule has 1 N–H and O–H groups in total. The van der Waals surface area contributed by atoms with E-state index in [0.29, 0.717) is 6.61 Å². The third-order valence-corrected chi connectivity index (χ3v) is 3.93. The van der Waals surface area contributed by atoms with Crippen molar-refractivity contribution in [1.82, 2.24) is 15.1 Å². The van der Waals surface area contributed by atoms with Gasteiger partial charge < -0.3 is 19.9 Å². The largest absolute Gasteiger partial charge is 0.383 e. The maximum absolute atomic E-state index is 5.41. The van der Waals surface area contributed by atoms with Crippen molar-refractivity contribution < 1.29 is 4.74 Å². The first kappa shape index (κ1) is 15.7. The molecule has 0 aromatic rings. The molecule has 1 fully saturated rings. The Labute approximate surface area is 117 Å². The van der Waals surface area contributed by atoms with E-state index in [0.717, 1.165) is 17.6 Å². The molecule has 106 valence electrons. The van der Waals surface area contributed by atoms with Crippen LogP contribution in [-0.2, 0) is 4.74 Å². The molecule has 1 unspecified atom stereocenters. The van der Waals surface area contributed by atoms with Gasteiger partial charge in [-0.1, -0.05) is 0 Å². The van der Waals surface area contributed by atoms with Gasteiger partial charge >= 0.3 is 0 Å². The van der Waals surface area contributed by atoms with Gasteiger partial charge in [-0.3, -0.25) is 0 Å². The van der Waals surface area contributed by atoms with Crippen LogP contribution < -0.4 is 5.32 Å². The standard InChI is InChI=1S/C13H27N3OS/c1-11(10-17-4)14-13(18)16(3)9-12-5-7-15(2)8-6-12/h11-12H,5-10H2,1-4H3,(H,14,18). The molecular weight excluding hydrogens is 246 g/mol. The summed E-state index contributed by atoms with van der Waals surface area (Å²) in [6.45, 7) is 6.23. The van der Waals surface area contributed by atoms with Crippen molar-refractivity contribution in [3.63, 3.8) is 0 Å². The van der Waals surface area contributed by atoms with Gasteiger partial charge in [-0.05, 0) is 58.0 Å². The summed E-state index contributed by atoms with van der Waals surface area (Å²) in [6.07, 6.45) is 2.55. The Bertz CT molecular complexity index is 255. The van der Waals surface area contributed by atoms with Crippen molar-refractivity contribution in [3.05, 3.63) is 0 Å². The van der Waals surface area contributed by atoms with Gasteiger partial charge in [0.25, 0.3) is 0 Å². The minimum atomic E-state index is 0.266. The number of methoxy groups -OCH3 is 1. The zero-order chi connectivity index (χ0) is 13.5. The van der Waals surface area contributed by atoms with E-state index in [1.165, 1.54) is 25.9 Å². The summed E-state index contributed by atoms with van der Waals surface area (Å²) in [7, 11) is 5.98. The zero-order valence-corrected chi connectivity index (χ0v) is 12.9. The Hall–Kier alpha value is -0.390. The average molecular weight is 273 g/mol. The van der Waals surface area contributed by atoms with Crippen molar-refractivity contribution in [2.24, 2.45) is 5.92 Å². The Kier molecular flexibility index (Phi) is 6.89.